The van der Waals surface area contributed by atoms with E-state index in [4.69, 9.17) is 23.2 Å². The van der Waals surface area contributed by atoms with Gasteiger partial charge in [-0.25, -0.2) is 4.98 Å². The van der Waals surface area contributed by atoms with E-state index in [-0.39, 0.29) is 0 Å². The maximum Gasteiger partial charge on any atom is 0.256 e. The van der Waals surface area contributed by atoms with Crippen LogP contribution in [0.15, 0.2) is 42.6 Å². The molecule has 0 aliphatic heterocycles. The largest absolute Gasteiger partial charge is 0.340 e. The molecule has 2 rings (SSSR count). The second kappa shape index (κ2) is 5.17. The van der Waals surface area contributed by atoms with Crippen molar-refractivity contribution >= 4 is 39.9 Å². The predicted molar refractivity (Wildman–Crippen MR) is 69.2 cm³/mol. The van der Waals surface area contributed by atoms with Crippen LogP contribution in [0.25, 0.3) is 0 Å². The molecule has 1 heterocycles. The molecule has 2 aromatic rings. The van der Waals surface area contributed by atoms with Gasteiger partial charge in [0.1, 0.15) is 5.82 Å². The minimum atomic E-state index is -0.553. The van der Waals surface area contributed by atoms with E-state index in [1.807, 2.05) is 6.07 Å². The van der Waals surface area contributed by atoms with E-state index >= 15 is 0 Å². The zero-order chi connectivity index (χ0) is 12.3. The molecule has 86 valence electrons. The first-order valence-electron chi connectivity index (χ1n) is 4.84. The molecule has 0 unspecified atom stereocenters. The second-order valence-electron chi connectivity index (χ2n) is 3.31. The fourth-order valence-electron chi connectivity index (χ4n) is 1.37. The molecule has 1 aromatic carbocycles. The van der Waals surface area contributed by atoms with Gasteiger partial charge in [0.05, 0.1) is 5.56 Å². The van der Waals surface area contributed by atoms with E-state index < -0.39 is 5.24 Å². The fourth-order valence-corrected chi connectivity index (χ4v) is 1.71. The maximum atomic E-state index is 11.2. The van der Waals surface area contributed by atoms with E-state index in [1.54, 1.807) is 36.5 Å². The number of aromatic nitrogens is 1. The van der Waals surface area contributed by atoms with Gasteiger partial charge in [-0.15, -0.1) is 0 Å². The van der Waals surface area contributed by atoms with Crippen molar-refractivity contribution in [2.24, 2.45) is 0 Å². The lowest BCUT2D eigenvalue weighted by molar-refractivity contribution is 0.108. The number of rotatable bonds is 3. The summed E-state index contributed by atoms with van der Waals surface area (Å²) >= 11 is 11.3. The van der Waals surface area contributed by atoms with Crippen molar-refractivity contribution in [1.82, 2.24) is 4.98 Å². The molecule has 1 aromatic heterocycles. The number of anilines is 2. The average molecular weight is 267 g/mol. The van der Waals surface area contributed by atoms with Crippen molar-refractivity contribution < 1.29 is 4.79 Å². The van der Waals surface area contributed by atoms with Gasteiger partial charge in [0, 0.05) is 16.9 Å². The molecule has 0 fully saturated rings. The summed E-state index contributed by atoms with van der Waals surface area (Å²) in [7, 11) is 0. The van der Waals surface area contributed by atoms with Crippen LogP contribution in [0.1, 0.15) is 10.4 Å². The number of carbonyl (C=O) groups excluding carboxylic acids is 1. The summed E-state index contributed by atoms with van der Waals surface area (Å²) in [4.78, 5) is 15.2. The van der Waals surface area contributed by atoms with Crippen LogP contribution in [0.5, 0.6) is 0 Å². The van der Waals surface area contributed by atoms with Gasteiger partial charge in [-0.05, 0) is 41.9 Å². The Morgan fingerprint density at radius 2 is 2.06 bits per heavy atom. The number of hydrogen-bond acceptors (Lipinski definition) is 3. The van der Waals surface area contributed by atoms with Gasteiger partial charge in [0.25, 0.3) is 5.24 Å². The molecule has 17 heavy (non-hydrogen) atoms. The van der Waals surface area contributed by atoms with Crippen molar-refractivity contribution in [3.63, 3.8) is 0 Å². The Bertz CT molecular complexity index is 558. The summed E-state index contributed by atoms with van der Waals surface area (Å²) < 4.78 is 0. The number of hydrogen-bond donors (Lipinski definition) is 1. The predicted octanol–water partition coefficient (Wildman–Crippen LogP) is 3.86. The molecule has 0 spiro atoms. The Hall–Kier alpha value is -1.58. The Morgan fingerprint density at radius 3 is 2.76 bits per heavy atom. The Balaban J connectivity index is 2.33. The van der Waals surface area contributed by atoms with Crippen LogP contribution in [0, 0.1) is 0 Å². The molecule has 5 heteroatoms. The molecule has 0 bridgehead atoms. The van der Waals surface area contributed by atoms with Gasteiger partial charge in [-0.3, -0.25) is 4.79 Å². The standard InChI is InChI=1S/C12H8Cl2N2O/c13-8-3-1-4-9(7-8)16-12-10(11(14)17)5-2-6-15-12/h1-7H,(H,15,16). The number of nitrogens with zero attached hydrogens (tertiary/aromatic N) is 1. The minimum absolute atomic E-state index is 0.328. The molecule has 0 radical (unpaired) electrons. The van der Waals surface area contributed by atoms with E-state index in [2.05, 4.69) is 10.3 Å². The summed E-state index contributed by atoms with van der Waals surface area (Å²) in [5, 5.41) is 3.04. The molecular formula is C12H8Cl2N2O. The van der Waals surface area contributed by atoms with Gasteiger partial charge >= 0.3 is 0 Å². The smallest absolute Gasteiger partial charge is 0.256 e. The van der Waals surface area contributed by atoms with Crippen LogP contribution in [0.2, 0.25) is 5.02 Å². The van der Waals surface area contributed by atoms with Crippen molar-refractivity contribution in [2.75, 3.05) is 5.32 Å². The van der Waals surface area contributed by atoms with Crippen LogP contribution in [-0.2, 0) is 0 Å². The van der Waals surface area contributed by atoms with Crippen LogP contribution >= 0.6 is 23.2 Å². The van der Waals surface area contributed by atoms with Crippen molar-refractivity contribution in [3.8, 4) is 0 Å². The molecule has 3 nitrogen and oxygen atoms in total. The summed E-state index contributed by atoms with van der Waals surface area (Å²) in [6.45, 7) is 0. The van der Waals surface area contributed by atoms with Gasteiger partial charge < -0.3 is 5.32 Å². The lowest BCUT2D eigenvalue weighted by atomic mass is 10.2. The Labute approximate surface area is 108 Å². The number of halogens is 2. The lowest BCUT2D eigenvalue weighted by Gasteiger charge is -2.08. The fraction of sp³-hybridized carbons (Fsp3) is 0. The highest BCUT2D eigenvalue weighted by atomic mass is 35.5. The van der Waals surface area contributed by atoms with Gasteiger partial charge in [0.2, 0.25) is 0 Å². The summed E-state index contributed by atoms with van der Waals surface area (Å²) in [5.41, 5.74) is 1.07. The number of carbonyl (C=O) groups is 1. The van der Waals surface area contributed by atoms with Gasteiger partial charge in [-0.1, -0.05) is 17.7 Å². The minimum Gasteiger partial charge on any atom is -0.340 e. The number of pyridine rings is 1. The van der Waals surface area contributed by atoms with Crippen LogP contribution < -0.4 is 5.32 Å². The summed E-state index contributed by atoms with van der Waals surface area (Å²) in [6, 6.07) is 10.4. The monoisotopic (exact) mass is 266 g/mol. The van der Waals surface area contributed by atoms with Crippen molar-refractivity contribution in [3.05, 3.63) is 53.2 Å². The van der Waals surface area contributed by atoms with E-state index in [0.29, 0.717) is 16.4 Å². The zero-order valence-electron chi connectivity index (χ0n) is 8.65. The van der Waals surface area contributed by atoms with Gasteiger partial charge in [-0.2, -0.15) is 0 Å². The van der Waals surface area contributed by atoms with Crippen molar-refractivity contribution in [2.45, 2.75) is 0 Å². The van der Waals surface area contributed by atoms with Crippen LogP contribution in [0.3, 0.4) is 0 Å². The number of benzene rings is 1. The maximum absolute atomic E-state index is 11.2. The molecule has 0 saturated heterocycles. The number of nitrogens with one attached hydrogen (secondary N) is 1. The normalized spacial score (nSPS) is 10.0. The third-order valence-electron chi connectivity index (χ3n) is 2.11. The topological polar surface area (TPSA) is 42.0 Å². The molecule has 0 amide bonds. The highest BCUT2D eigenvalue weighted by molar-refractivity contribution is 6.68. The first kappa shape index (κ1) is 11.9. The molecule has 0 aliphatic carbocycles. The molecule has 0 aliphatic rings. The van der Waals surface area contributed by atoms with Crippen LogP contribution in [0.4, 0.5) is 11.5 Å². The highest BCUT2D eigenvalue weighted by Gasteiger charge is 2.09. The quantitative estimate of drug-likeness (QED) is 0.858. The third kappa shape index (κ3) is 2.96. The van der Waals surface area contributed by atoms with E-state index in [9.17, 15) is 4.79 Å². The van der Waals surface area contributed by atoms with E-state index in [0.717, 1.165) is 5.69 Å². The Kier molecular flexibility index (Phi) is 3.61. The highest BCUT2D eigenvalue weighted by Crippen LogP contribution is 2.22. The molecule has 0 atom stereocenters. The van der Waals surface area contributed by atoms with Gasteiger partial charge in [0.15, 0.2) is 0 Å². The third-order valence-corrected chi connectivity index (χ3v) is 2.55. The average Bonchev–Trinajstić information content (AvgIpc) is 2.29. The zero-order valence-corrected chi connectivity index (χ0v) is 10.2. The lowest BCUT2D eigenvalue weighted by Crippen LogP contribution is -2.00. The summed E-state index contributed by atoms with van der Waals surface area (Å²) in [5.74, 6) is 0.412. The second-order valence-corrected chi connectivity index (χ2v) is 4.09. The molecular weight excluding hydrogens is 259 g/mol. The Morgan fingerprint density at radius 1 is 1.24 bits per heavy atom. The molecule has 1 N–H and O–H groups in total. The first-order chi connectivity index (χ1) is 8.16. The van der Waals surface area contributed by atoms with Crippen molar-refractivity contribution in [1.29, 1.82) is 0 Å². The summed E-state index contributed by atoms with van der Waals surface area (Å²) in [6.07, 6.45) is 1.58. The van der Waals surface area contributed by atoms with E-state index in [1.165, 1.54) is 0 Å². The van der Waals surface area contributed by atoms with Crippen LogP contribution in [-0.4, -0.2) is 10.2 Å². The molecule has 0 saturated carbocycles. The SMILES string of the molecule is O=C(Cl)c1cccnc1Nc1cccc(Cl)c1. The first-order valence-corrected chi connectivity index (χ1v) is 5.60.